The molecule has 0 bridgehead atoms. The summed E-state index contributed by atoms with van der Waals surface area (Å²) in [6.07, 6.45) is 2.34. The Morgan fingerprint density at radius 3 is 3.04 bits per heavy atom. The minimum atomic E-state index is -0.694. The van der Waals surface area contributed by atoms with Crippen LogP contribution in [-0.2, 0) is 11.8 Å². The van der Waals surface area contributed by atoms with Crippen molar-refractivity contribution in [3.05, 3.63) is 40.6 Å². The summed E-state index contributed by atoms with van der Waals surface area (Å²) in [5.41, 5.74) is 10.1. The first-order valence-electron chi connectivity index (χ1n) is 8.87. The van der Waals surface area contributed by atoms with Gasteiger partial charge in [-0.05, 0) is 50.7 Å². The average Bonchev–Trinajstić information content (AvgIpc) is 2.93. The number of nitrogens with one attached hydrogen (secondary N) is 1. The Hall–Kier alpha value is -2.34. The molecule has 0 spiro atoms. The molecule has 2 atom stereocenters. The number of para-hydroxylation sites is 1. The summed E-state index contributed by atoms with van der Waals surface area (Å²) < 4.78 is 1.33. The lowest BCUT2D eigenvalue weighted by Crippen LogP contribution is -2.42. The van der Waals surface area contributed by atoms with Crippen LogP contribution in [0.25, 0.3) is 0 Å². The molecule has 6 heteroatoms. The Bertz CT molecular complexity index is 857. The number of benzene rings is 1. The highest BCUT2D eigenvalue weighted by molar-refractivity contribution is 5.94. The highest BCUT2D eigenvalue weighted by Crippen LogP contribution is 2.41. The van der Waals surface area contributed by atoms with Crippen LogP contribution in [0.1, 0.15) is 59.5 Å². The summed E-state index contributed by atoms with van der Waals surface area (Å²) in [5, 5.41) is 18.1. The van der Waals surface area contributed by atoms with Gasteiger partial charge in [-0.15, -0.1) is 0 Å². The molecule has 2 aromatic rings. The first kappa shape index (κ1) is 16.1. The van der Waals surface area contributed by atoms with Gasteiger partial charge in [0, 0.05) is 17.8 Å². The van der Waals surface area contributed by atoms with E-state index in [0.717, 1.165) is 41.9 Å². The van der Waals surface area contributed by atoms with Crippen molar-refractivity contribution in [2.45, 2.75) is 51.0 Å². The van der Waals surface area contributed by atoms with Crippen molar-refractivity contribution < 1.29 is 9.90 Å². The minimum Gasteiger partial charge on any atom is -0.388 e. The van der Waals surface area contributed by atoms with Crippen molar-refractivity contribution in [3.8, 4) is 0 Å². The Morgan fingerprint density at radius 1 is 1.48 bits per heavy atom. The molecule has 0 saturated heterocycles. The molecule has 2 unspecified atom stereocenters. The number of aliphatic hydroxyl groups excluding tert-OH is 1. The maximum absolute atomic E-state index is 13.5. The molecule has 0 saturated carbocycles. The van der Waals surface area contributed by atoms with Gasteiger partial charge < -0.3 is 16.2 Å². The Morgan fingerprint density at radius 2 is 2.28 bits per heavy atom. The third-order valence-electron chi connectivity index (χ3n) is 5.72. The predicted molar refractivity (Wildman–Crippen MR) is 96.8 cm³/mol. The standard InChI is InChI=1S/C19H24N4O2/c1-11-5-3-6-12-16(11)21-10-9-19(12,2)18(25)23-17(20)15-13(22-23)7-4-8-14(15)24/h3,5-6,14,21,24H,4,7-10,20H2,1-2H3. The minimum absolute atomic E-state index is 0.125. The quantitative estimate of drug-likeness (QED) is 0.742. The maximum atomic E-state index is 13.5. The number of nitrogen functional groups attached to an aromatic ring is 1. The van der Waals surface area contributed by atoms with Crippen molar-refractivity contribution in [2.75, 3.05) is 17.6 Å². The first-order chi connectivity index (χ1) is 11.9. The Kier molecular flexibility index (Phi) is 3.61. The first-order valence-corrected chi connectivity index (χ1v) is 8.87. The van der Waals surface area contributed by atoms with E-state index >= 15 is 0 Å². The van der Waals surface area contributed by atoms with E-state index in [9.17, 15) is 9.90 Å². The number of rotatable bonds is 1. The Labute approximate surface area is 147 Å². The van der Waals surface area contributed by atoms with E-state index in [1.54, 1.807) is 0 Å². The second-order valence-electron chi connectivity index (χ2n) is 7.38. The van der Waals surface area contributed by atoms with Crippen LogP contribution < -0.4 is 11.1 Å². The zero-order chi connectivity index (χ0) is 17.8. The largest absolute Gasteiger partial charge is 0.388 e. The molecule has 6 nitrogen and oxygen atoms in total. The SMILES string of the molecule is Cc1cccc2c1NCCC2(C)C(=O)n1nc2c(c1N)C(O)CCC2. The zero-order valence-corrected chi connectivity index (χ0v) is 14.7. The number of hydrogen-bond acceptors (Lipinski definition) is 5. The molecule has 0 fully saturated rings. The van der Waals surface area contributed by atoms with Crippen LogP contribution in [0.3, 0.4) is 0 Å². The fourth-order valence-corrected chi connectivity index (χ4v) is 4.19. The number of hydrogen-bond donors (Lipinski definition) is 3. The summed E-state index contributed by atoms with van der Waals surface area (Å²) in [6.45, 7) is 4.73. The summed E-state index contributed by atoms with van der Waals surface area (Å²) in [4.78, 5) is 13.5. The van der Waals surface area contributed by atoms with Crippen molar-refractivity contribution in [2.24, 2.45) is 0 Å². The van der Waals surface area contributed by atoms with E-state index in [1.165, 1.54) is 4.68 Å². The van der Waals surface area contributed by atoms with Crippen molar-refractivity contribution in [1.29, 1.82) is 0 Å². The Balaban J connectivity index is 1.82. The highest BCUT2D eigenvalue weighted by Gasteiger charge is 2.42. The third kappa shape index (κ3) is 2.28. The van der Waals surface area contributed by atoms with Crippen molar-refractivity contribution in [3.63, 3.8) is 0 Å². The molecule has 2 aliphatic rings. The number of carbonyl (C=O) groups excluding carboxylic acids is 1. The molecule has 25 heavy (non-hydrogen) atoms. The van der Waals surface area contributed by atoms with E-state index in [2.05, 4.69) is 10.4 Å². The van der Waals surface area contributed by atoms with Crippen LogP contribution in [0.4, 0.5) is 11.5 Å². The molecule has 0 radical (unpaired) electrons. The van der Waals surface area contributed by atoms with Gasteiger partial charge in [0.2, 0.25) is 0 Å². The van der Waals surface area contributed by atoms with Gasteiger partial charge >= 0.3 is 0 Å². The number of aliphatic hydroxyl groups is 1. The van der Waals surface area contributed by atoms with E-state index in [-0.39, 0.29) is 5.91 Å². The number of aryl methyl sites for hydroxylation is 2. The van der Waals surface area contributed by atoms with Gasteiger partial charge in [0.05, 0.1) is 17.2 Å². The number of nitrogens with zero attached hydrogens (tertiary/aromatic N) is 2. The molecule has 2 heterocycles. The molecule has 1 aliphatic heterocycles. The number of nitrogens with two attached hydrogens (primary N) is 1. The van der Waals surface area contributed by atoms with Gasteiger partial charge in [-0.25, -0.2) is 0 Å². The average molecular weight is 340 g/mol. The van der Waals surface area contributed by atoms with E-state index in [0.29, 0.717) is 24.2 Å². The van der Waals surface area contributed by atoms with E-state index < -0.39 is 11.5 Å². The molecule has 1 aliphatic carbocycles. The number of anilines is 2. The summed E-state index contributed by atoms with van der Waals surface area (Å²) in [5.74, 6) is 0.168. The van der Waals surface area contributed by atoms with Crippen LogP contribution in [0.2, 0.25) is 0 Å². The molecular formula is C19H24N4O2. The smallest absolute Gasteiger partial charge is 0.259 e. The predicted octanol–water partition coefficient (Wildman–Crippen LogP) is 2.56. The maximum Gasteiger partial charge on any atom is 0.259 e. The lowest BCUT2D eigenvalue weighted by atomic mass is 9.75. The van der Waals surface area contributed by atoms with Crippen LogP contribution >= 0.6 is 0 Å². The van der Waals surface area contributed by atoms with Crippen molar-refractivity contribution >= 4 is 17.4 Å². The molecule has 1 aromatic heterocycles. The monoisotopic (exact) mass is 340 g/mol. The van der Waals surface area contributed by atoms with Gasteiger partial charge in [0.15, 0.2) is 0 Å². The lowest BCUT2D eigenvalue weighted by Gasteiger charge is -2.35. The van der Waals surface area contributed by atoms with Gasteiger partial charge in [-0.1, -0.05) is 18.2 Å². The van der Waals surface area contributed by atoms with Gasteiger partial charge in [-0.3, -0.25) is 4.79 Å². The van der Waals surface area contributed by atoms with E-state index in [4.69, 9.17) is 5.73 Å². The number of fused-ring (bicyclic) bond motifs is 2. The number of carbonyl (C=O) groups is 1. The van der Waals surface area contributed by atoms with Gasteiger partial charge in [0.1, 0.15) is 5.82 Å². The third-order valence-corrected chi connectivity index (χ3v) is 5.72. The van der Waals surface area contributed by atoms with Crippen LogP contribution in [0, 0.1) is 6.92 Å². The normalized spacial score (nSPS) is 25.0. The summed E-state index contributed by atoms with van der Waals surface area (Å²) in [7, 11) is 0. The highest BCUT2D eigenvalue weighted by atomic mass is 16.3. The van der Waals surface area contributed by atoms with E-state index in [1.807, 2.05) is 32.0 Å². The lowest BCUT2D eigenvalue weighted by molar-refractivity contribution is 0.0785. The second-order valence-corrected chi connectivity index (χ2v) is 7.38. The molecule has 4 rings (SSSR count). The molecule has 132 valence electrons. The fraction of sp³-hybridized carbons (Fsp3) is 0.474. The molecule has 4 N–H and O–H groups in total. The van der Waals surface area contributed by atoms with Crippen molar-refractivity contribution in [1.82, 2.24) is 9.78 Å². The summed E-state index contributed by atoms with van der Waals surface area (Å²) in [6, 6.07) is 6.02. The second kappa shape index (κ2) is 5.59. The fourth-order valence-electron chi connectivity index (χ4n) is 4.19. The van der Waals surface area contributed by atoms with Crippen LogP contribution in [0.15, 0.2) is 18.2 Å². The van der Waals surface area contributed by atoms with Gasteiger partial charge in [0.25, 0.3) is 5.91 Å². The van der Waals surface area contributed by atoms with Gasteiger partial charge in [-0.2, -0.15) is 9.78 Å². The molecule has 1 aromatic carbocycles. The van der Waals surface area contributed by atoms with Crippen LogP contribution in [0.5, 0.6) is 0 Å². The molecule has 0 amide bonds. The summed E-state index contributed by atoms with van der Waals surface area (Å²) >= 11 is 0. The topological polar surface area (TPSA) is 93.2 Å². The molecular weight excluding hydrogens is 316 g/mol. The zero-order valence-electron chi connectivity index (χ0n) is 14.7. The number of aromatic nitrogens is 2. The van der Waals surface area contributed by atoms with Crippen LogP contribution in [-0.4, -0.2) is 27.3 Å².